The fourth-order valence-corrected chi connectivity index (χ4v) is 3.55. The maximum atomic E-state index is 12.3. The molecule has 0 saturated carbocycles. The van der Waals surface area contributed by atoms with Gasteiger partial charge in [-0.05, 0) is 35.7 Å². The van der Waals surface area contributed by atoms with E-state index in [0.717, 1.165) is 16.5 Å². The van der Waals surface area contributed by atoms with Crippen molar-refractivity contribution in [2.24, 2.45) is 5.92 Å². The molecular weight excluding hydrogens is 480 g/mol. The lowest BCUT2D eigenvalue weighted by molar-refractivity contribution is -0.140. The fourth-order valence-electron chi connectivity index (χ4n) is 3.55. The van der Waals surface area contributed by atoms with Crippen LogP contribution in [0.1, 0.15) is 24.5 Å². The topological polar surface area (TPSA) is 136 Å². The standard InChI is InChI=1S/C27H32N2O8/c1-18(11-12-35-14-13-34-2)26(32)37-21-9-7-19(8-10-21)17-36-27(33)29-24(25(30)31)15-20-16-28-23-6-4-3-5-22(20)23/h3-10,16,18,24,28H,11-15,17H2,1-2H3,(H,29,33)(H,30,31). The summed E-state index contributed by atoms with van der Waals surface area (Å²) in [6.45, 7) is 3.10. The Hall–Kier alpha value is -3.89. The zero-order chi connectivity index (χ0) is 26.6. The fraction of sp³-hybridized carbons (Fsp3) is 0.370. The minimum Gasteiger partial charge on any atom is -0.480 e. The molecule has 0 aliphatic carbocycles. The van der Waals surface area contributed by atoms with E-state index < -0.39 is 18.1 Å². The summed E-state index contributed by atoms with van der Waals surface area (Å²) in [5.74, 6) is -1.49. The lowest BCUT2D eigenvalue weighted by atomic mass is 10.1. The van der Waals surface area contributed by atoms with E-state index in [1.807, 2.05) is 24.3 Å². The second kappa shape index (κ2) is 14.0. The third kappa shape index (κ3) is 8.62. The zero-order valence-electron chi connectivity index (χ0n) is 20.9. The molecule has 2 aromatic carbocycles. The monoisotopic (exact) mass is 512 g/mol. The zero-order valence-corrected chi connectivity index (χ0v) is 20.9. The number of aliphatic carboxylic acids is 1. The number of methoxy groups -OCH3 is 1. The molecule has 1 heterocycles. The largest absolute Gasteiger partial charge is 0.480 e. The molecule has 0 bridgehead atoms. The molecule has 3 rings (SSSR count). The predicted octanol–water partition coefficient (Wildman–Crippen LogP) is 3.68. The van der Waals surface area contributed by atoms with Gasteiger partial charge in [0.1, 0.15) is 18.4 Å². The van der Waals surface area contributed by atoms with Crippen LogP contribution in [0.2, 0.25) is 0 Å². The maximum absolute atomic E-state index is 12.3. The van der Waals surface area contributed by atoms with Gasteiger partial charge in [0.15, 0.2) is 0 Å². The van der Waals surface area contributed by atoms with Crippen LogP contribution in [-0.4, -0.2) is 61.1 Å². The number of alkyl carbamates (subject to hydrolysis) is 1. The second-order valence-corrected chi connectivity index (χ2v) is 8.53. The van der Waals surface area contributed by atoms with Crippen LogP contribution in [0.4, 0.5) is 4.79 Å². The van der Waals surface area contributed by atoms with Crippen molar-refractivity contribution in [3.05, 3.63) is 65.9 Å². The summed E-state index contributed by atoms with van der Waals surface area (Å²) >= 11 is 0. The molecule has 10 heteroatoms. The first-order valence-corrected chi connectivity index (χ1v) is 12.0. The van der Waals surface area contributed by atoms with Gasteiger partial charge in [-0.2, -0.15) is 0 Å². The van der Waals surface area contributed by atoms with Gasteiger partial charge in [0, 0.05) is 37.2 Å². The molecule has 0 saturated heterocycles. The molecule has 37 heavy (non-hydrogen) atoms. The Kier molecular flexibility index (Phi) is 10.5. The van der Waals surface area contributed by atoms with Gasteiger partial charge >= 0.3 is 18.0 Å². The van der Waals surface area contributed by atoms with Crippen molar-refractivity contribution in [1.29, 1.82) is 0 Å². The number of benzene rings is 2. The molecule has 0 fully saturated rings. The van der Waals surface area contributed by atoms with E-state index in [1.165, 1.54) is 0 Å². The van der Waals surface area contributed by atoms with E-state index >= 15 is 0 Å². The van der Waals surface area contributed by atoms with Crippen molar-refractivity contribution < 1.29 is 38.4 Å². The van der Waals surface area contributed by atoms with Crippen molar-refractivity contribution in [3.8, 4) is 5.75 Å². The number of carboxylic acid groups (broad SMARTS) is 1. The number of nitrogens with one attached hydrogen (secondary N) is 2. The van der Waals surface area contributed by atoms with Crippen LogP contribution in [0, 0.1) is 5.92 Å². The van der Waals surface area contributed by atoms with Gasteiger partial charge in [-0.15, -0.1) is 0 Å². The Labute approximate surface area is 214 Å². The summed E-state index contributed by atoms with van der Waals surface area (Å²) in [6, 6.07) is 12.9. The van der Waals surface area contributed by atoms with E-state index in [-0.39, 0.29) is 24.9 Å². The van der Waals surface area contributed by atoms with Crippen LogP contribution < -0.4 is 10.1 Å². The first kappa shape index (κ1) is 27.7. The van der Waals surface area contributed by atoms with Crippen molar-refractivity contribution in [1.82, 2.24) is 10.3 Å². The minimum atomic E-state index is -1.16. The van der Waals surface area contributed by atoms with E-state index in [4.69, 9.17) is 18.9 Å². The highest BCUT2D eigenvalue weighted by Crippen LogP contribution is 2.19. The lowest BCUT2D eigenvalue weighted by Gasteiger charge is -2.14. The van der Waals surface area contributed by atoms with Gasteiger partial charge in [0.2, 0.25) is 0 Å². The average molecular weight is 513 g/mol. The number of rotatable bonds is 14. The normalized spacial score (nSPS) is 12.6. The Balaban J connectivity index is 1.44. The van der Waals surface area contributed by atoms with Crippen LogP contribution >= 0.6 is 0 Å². The van der Waals surface area contributed by atoms with E-state index in [2.05, 4.69) is 10.3 Å². The summed E-state index contributed by atoms with van der Waals surface area (Å²) in [7, 11) is 1.60. The number of aromatic amines is 1. The quantitative estimate of drug-likeness (QED) is 0.169. The van der Waals surface area contributed by atoms with Crippen LogP contribution in [0.25, 0.3) is 10.9 Å². The number of fused-ring (bicyclic) bond motifs is 1. The summed E-state index contributed by atoms with van der Waals surface area (Å²) in [4.78, 5) is 39.3. The Morgan fingerprint density at radius 3 is 2.51 bits per heavy atom. The minimum absolute atomic E-state index is 0.0747. The number of amides is 1. The molecule has 3 N–H and O–H groups in total. The van der Waals surface area contributed by atoms with Crippen molar-refractivity contribution in [2.45, 2.75) is 32.4 Å². The van der Waals surface area contributed by atoms with Gasteiger partial charge in [-0.25, -0.2) is 9.59 Å². The first-order valence-electron chi connectivity index (χ1n) is 12.0. The van der Waals surface area contributed by atoms with Crippen LogP contribution in [0.5, 0.6) is 5.75 Å². The molecular formula is C27H32N2O8. The Morgan fingerprint density at radius 1 is 1.03 bits per heavy atom. The third-order valence-corrected chi connectivity index (χ3v) is 5.73. The predicted molar refractivity (Wildman–Crippen MR) is 135 cm³/mol. The summed E-state index contributed by atoms with van der Waals surface area (Å²) < 4.78 is 20.9. The number of hydrogen-bond donors (Lipinski definition) is 3. The van der Waals surface area contributed by atoms with Crippen LogP contribution in [0.3, 0.4) is 0 Å². The second-order valence-electron chi connectivity index (χ2n) is 8.53. The number of esters is 1. The molecule has 10 nitrogen and oxygen atoms in total. The SMILES string of the molecule is COCCOCCC(C)C(=O)Oc1ccc(COC(=O)NC(Cc2c[nH]c3ccccc23)C(=O)O)cc1. The van der Waals surface area contributed by atoms with E-state index in [1.54, 1.807) is 44.5 Å². The van der Waals surface area contributed by atoms with Gasteiger partial charge in [0.25, 0.3) is 0 Å². The molecule has 0 aliphatic rings. The molecule has 3 aromatic rings. The molecule has 1 aromatic heterocycles. The van der Waals surface area contributed by atoms with Crippen LogP contribution in [-0.2, 0) is 36.8 Å². The molecule has 0 aliphatic heterocycles. The summed E-state index contributed by atoms with van der Waals surface area (Å²) in [5, 5.41) is 12.9. The molecule has 1 amide bonds. The first-order chi connectivity index (χ1) is 17.9. The maximum Gasteiger partial charge on any atom is 0.408 e. The average Bonchev–Trinajstić information content (AvgIpc) is 3.30. The van der Waals surface area contributed by atoms with Gasteiger partial charge in [-0.3, -0.25) is 4.79 Å². The Bertz CT molecular complexity index is 1170. The number of aromatic nitrogens is 1. The highest BCUT2D eigenvalue weighted by molar-refractivity contribution is 5.85. The number of hydrogen-bond acceptors (Lipinski definition) is 7. The number of H-pyrrole nitrogens is 1. The molecule has 0 spiro atoms. The van der Waals surface area contributed by atoms with Crippen molar-refractivity contribution in [2.75, 3.05) is 26.9 Å². The summed E-state index contributed by atoms with van der Waals surface area (Å²) in [6.07, 6.45) is 1.52. The van der Waals surface area contributed by atoms with Crippen molar-refractivity contribution in [3.63, 3.8) is 0 Å². The molecule has 2 unspecified atom stereocenters. The van der Waals surface area contributed by atoms with Crippen LogP contribution in [0.15, 0.2) is 54.7 Å². The third-order valence-electron chi connectivity index (χ3n) is 5.73. The van der Waals surface area contributed by atoms with Gasteiger partial charge in [-0.1, -0.05) is 37.3 Å². The molecule has 0 radical (unpaired) electrons. The number of ether oxygens (including phenoxy) is 4. The molecule has 2 atom stereocenters. The van der Waals surface area contributed by atoms with E-state index in [0.29, 0.717) is 37.6 Å². The number of carbonyl (C=O) groups is 3. The highest BCUT2D eigenvalue weighted by atomic mass is 16.6. The van der Waals surface area contributed by atoms with Gasteiger partial charge < -0.3 is 34.4 Å². The van der Waals surface area contributed by atoms with E-state index in [9.17, 15) is 19.5 Å². The lowest BCUT2D eigenvalue weighted by Crippen LogP contribution is -2.42. The van der Waals surface area contributed by atoms with Crippen molar-refractivity contribution >= 4 is 28.9 Å². The van der Waals surface area contributed by atoms with Gasteiger partial charge in [0.05, 0.1) is 19.1 Å². The highest BCUT2D eigenvalue weighted by Gasteiger charge is 2.22. The summed E-state index contributed by atoms with van der Waals surface area (Å²) in [5.41, 5.74) is 2.32. The number of carboxylic acids is 1. The smallest absolute Gasteiger partial charge is 0.408 e. The number of carbonyl (C=O) groups excluding carboxylic acids is 2. The Morgan fingerprint density at radius 2 is 1.78 bits per heavy atom. The number of para-hydroxylation sites is 1. The molecule has 198 valence electrons.